The molecule has 0 saturated carbocycles. The van der Waals surface area contributed by atoms with Gasteiger partial charge in [-0.05, 0) is 73.4 Å². The molecule has 2 aromatic heterocycles. The van der Waals surface area contributed by atoms with Crippen LogP contribution in [0.3, 0.4) is 0 Å². The van der Waals surface area contributed by atoms with Gasteiger partial charge in [-0.1, -0.05) is 66.7 Å². The van der Waals surface area contributed by atoms with Crippen molar-refractivity contribution in [1.29, 1.82) is 0 Å². The second kappa shape index (κ2) is 11.5. The Morgan fingerprint density at radius 3 is 2.35 bits per heavy atom. The van der Waals surface area contributed by atoms with E-state index in [2.05, 4.69) is 40.2 Å². The first kappa shape index (κ1) is 25.5. The third-order valence-electron chi connectivity index (χ3n) is 7.48. The standard InChI is InChI=1S/C35H31N3O2.H2/c1-25-32(22-29(23-36-25)27-17-19-31(20-18-27)40-30-13-6-3-7-14-30)35(39)33-15-8-16-34(37-33)38-21-9-12-28(24-38)26-10-4-2-5-11-26;/h2-8,10-11,13-20,22-23,28H,9,12,21,24H2,1H3;1H. The quantitative estimate of drug-likeness (QED) is 0.200. The van der Waals surface area contributed by atoms with Crippen LogP contribution in [0, 0.1) is 6.92 Å². The van der Waals surface area contributed by atoms with Crippen molar-refractivity contribution in [2.24, 2.45) is 0 Å². The topological polar surface area (TPSA) is 55.3 Å². The number of ketones is 1. The molecular weight excluding hydrogens is 494 g/mol. The van der Waals surface area contributed by atoms with Crippen LogP contribution in [0.25, 0.3) is 11.1 Å². The summed E-state index contributed by atoms with van der Waals surface area (Å²) in [5.41, 5.74) is 4.88. The smallest absolute Gasteiger partial charge is 0.213 e. The fraction of sp³-hybridized carbons (Fsp3) is 0.171. The number of anilines is 1. The number of benzene rings is 3. The van der Waals surface area contributed by atoms with Gasteiger partial charge in [0.25, 0.3) is 0 Å². The highest BCUT2D eigenvalue weighted by atomic mass is 16.5. The van der Waals surface area contributed by atoms with E-state index >= 15 is 0 Å². The number of hydrogen-bond acceptors (Lipinski definition) is 5. The number of carbonyl (C=O) groups is 1. The summed E-state index contributed by atoms with van der Waals surface area (Å²) < 4.78 is 5.92. The summed E-state index contributed by atoms with van der Waals surface area (Å²) in [6.07, 6.45) is 4.07. The zero-order valence-electron chi connectivity index (χ0n) is 22.5. The average molecular weight is 528 g/mol. The molecule has 0 N–H and O–H groups in total. The van der Waals surface area contributed by atoms with Crippen molar-refractivity contribution in [3.8, 4) is 22.6 Å². The van der Waals surface area contributed by atoms with Crippen LogP contribution < -0.4 is 9.64 Å². The Labute approximate surface area is 236 Å². The minimum absolute atomic E-state index is 0. The lowest BCUT2D eigenvalue weighted by Crippen LogP contribution is -2.35. The van der Waals surface area contributed by atoms with Gasteiger partial charge in [-0.2, -0.15) is 0 Å². The first-order chi connectivity index (χ1) is 19.6. The van der Waals surface area contributed by atoms with E-state index in [1.54, 1.807) is 12.3 Å². The molecule has 0 amide bonds. The number of carbonyl (C=O) groups excluding carboxylic acids is 1. The summed E-state index contributed by atoms with van der Waals surface area (Å²) in [6, 6.07) is 35.8. The maximum absolute atomic E-state index is 13.7. The van der Waals surface area contributed by atoms with Gasteiger partial charge in [-0.3, -0.25) is 9.78 Å². The molecule has 0 bridgehead atoms. The molecule has 1 aliphatic heterocycles. The lowest BCUT2D eigenvalue weighted by Gasteiger charge is -2.34. The van der Waals surface area contributed by atoms with Gasteiger partial charge in [0, 0.05) is 43.5 Å². The van der Waals surface area contributed by atoms with Crippen LogP contribution in [-0.2, 0) is 0 Å². The molecule has 1 saturated heterocycles. The number of aryl methyl sites for hydroxylation is 1. The highest BCUT2D eigenvalue weighted by Gasteiger charge is 2.23. The number of para-hydroxylation sites is 1. The Morgan fingerprint density at radius 2 is 1.57 bits per heavy atom. The fourth-order valence-electron chi connectivity index (χ4n) is 5.31. The lowest BCUT2D eigenvalue weighted by atomic mass is 9.90. The number of nitrogens with zero attached hydrogens (tertiary/aromatic N) is 3. The van der Waals surface area contributed by atoms with Crippen LogP contribution in [0.4, 0.5) is 5.82 Å². The zero-order chi connectivity index (χ0) is 27.3. The van der Waals surface area contributed by atoms with Gasteiger partial charge >= 0.3 is 0 Å². The monoisotopic (exact) mass is 527 g/mol. The average Bonchev–Trinajstić information content (AvgIpc) is 3.02. The van der Waals surface area contributed by atoms with E-state index in [4.69, 9.17) is 9.72 Å². The Bertz CT molecular complexity index is 1610. The van der Waals surface area contributed by atoms with Crippen molar-refractivity contribution in [3.63, 3.8) is 0 Å². The Morgan fingerprint density at radius 1 is 0.850 bits per heavy atom. The SMILES string of the molecule is Cc1ncc(-c2ccc(Oc3ccccc3)cc2)cc1C(=O)c1cccc(N2CCCC(c3ccccc3)C2)n1.[HH]. The Hall–Kier alpha value is -4.77. The maximum Gasteiger partial charge on any atom is 0.213 e. The van der Waals surface area contributed by atoms with Crippen LogP contribution in [0.1, 0.15) is 47.5 Å². The lowest BCUT2D eigenvalue weighted by molar-refractivity contribution is 0.103. The van der Waals surface area contributed by atoms with E-state index in [0.717, 1.165) is 54.4 Å². The maximum atomic E-state index is 13.7. The summed E-state index contributed by atoms with van der Waals surface area (Å²) in [6.45, 7) is 3.70. The van der Waals surface area contributed by atoms with E-state index < -0.39 is 0 Å². The number of hydrogen-bond donors (Lipinski definition) is 0. The second-order valence-corrected chi connectivity index (χ2v) is 10.2. The molecule has 3 aromatic carbocycles. The van der Waals surface area contributed by atoms with Crippen LogP contribution in [0.2, 0.25) is 0 Å². The van der Waals surface area contributed by atoms with Crippen molar-refractivity contribution in [1.82, 2.24) is 9.97 Å². The van der Waals surface area contributed by atoms with Crippen molar-refractivity contribution >= 4 is 11.6 Å². The molecule has 0 aliphatic carbocycles. The minimum Gasteiger partial charge on any atom is -0.457 e. The summed E-state index contributed by atoms with van der Waals surface area (Å²) >= 11 is 0. The predicted molar refractivity (Wildman–Crippen MR) is 161 cm³/mol. The van der Waals surface area contributed by atoms with Crippen LogP contribution in [-0.4, -0.2) is 28.8 Å². The molecule has 5 heteroatoms. The van der Waals surface area contributed by atoms with Gasteiger partial charge in [-0.25, -0.2) is 4.98 Å². The number of piperidine rings is 1. The molecule has 40 heavy (non-hydrogen) atoms. The molecule has 6 rings (SSSR count). The van der Waals surface area contributed by atoms with E-state index in [1.807, 2.05) is 79.7 Å². The fourth-order valence-corrected chi connectivity index (χ4v) is 5.31. The highest BCUT2D eigenvalue weighted by Crippen LogP contribution is 2.30. The van der Waals surface area contributed by atoms with E-state index in [-0.39, 0.29) is 7.21 Å². The summed E-state index contributed by atoms with van der Waals surface area (Å²) in [5, 5.41) is 0. The molecule has 0 radical (unpaired) electrons. The molecule has 1 unspecified atom stereocenters. The highest BCUT2D eigenvalue weighted by molar-refractivity contribution is 6.09. The van der Waals surface area contributed by atoms with Crippen molar-refractivity contribution in [2.75, 3.05) is 18.0 Å². The van der Waals surface area contributed by atoms with E-state index in [9.17, 15) is 4.79 Å². The van der Waals surface area contributed by atoms with Gasteiger partial charge < -0.3 is 9.64 Å². The van der Waals surface area contributed by atoms with Gasteiger partial charge in [0.1, 0.15) is 23.0 Å². The third kappa shape index (κ3) is 5.64. The minimum atomic E-state index is -0.116. The summed E-state index contributed by atoms with van der Waals surface area (Å²) in [7, 11) is 0. The number of rotatable bonds is 7. The molecule has 5 aromatic rings. The summed E-state index contributed by atoms with van der Waals surface area (Å²) in [5.74, 6) is 2.73. The second-order valence-electron chi connectivity index (χ2n) is 10.2. The number of aromatic nitrogens is 2. The molecule has 1 aliphatic rings. The van der Waals surface area contributed by atoms with E-state index in [0.29, 0.717) is 22.9 Å². The molecule has 0 spiro atoms. The van der Waals surface area contributed by atoms with Crippen molar-refractivity contribution in [3.05, 3.63) is 138 Å². The molecule has 3 heterocycles. The Balaban J connectivity index is 0.00000337. The van der Waals surface area contributed by atoms with Crippen molar-refractivity contribution in [2.45, 2.75) is 25.7 Å². The largest absolute Gasteiger partial charge is 0.457 e. The molecule has 1 atom stereocenters. The Kier molecular flexibility index (Phi) is 7.36. The van der Waals surface area contributed by atoms with Gasteiger partial charge in [0.2, 0.25) is 5.78 Å². The van der Waals surface area contributed by atoms with Crippen molar-refractivity contribution < 1.29 is 11.0 Å². The molecule has 200 valence electrons. The predicted octanol–water partition coefficient (Wildman–Crippen LogP) is 8.11. The van der Waals surface area contributed by atoms with Gasteiger partial charge in [0.15, 0.2) is 0 Å². The normalized spacial score (nSPS) is 15.0. The van der Waals surface area contributed by atoms with Gasteiger partial charge in [-0.15, -0.1) is 0 Å². The van der Waals surface area contributed by atoms with Crippen LogP contribution in [0.5, 0.6) is 11.5 Å². The third-order valence-corrected chi connectivity index (χ3v) is 7.48. The first-order valence-electron chi connectivity index (χ1n) is 13.8. The molecule has 1 fully saturated rings. The molecular formula is C35H33N3O2. The first-order valence-corrected chi connectivity index (χ1v) is 13.8. The van der Waals surface area contributed by atoms with Gasteiger partial charge in [0.05, 0.1) is 0 Å². The number of ether oxygens (including phenoxy) is 1. The van der Waals surface area contributed by atoms with E-state index in [1.165, 1.54) is 5.56 Å². The van der Waals surface area contributed by atoms with Crippen LogP contribution >= 0.6 is 0 Å². The summed E-state index contributed by atoms with van der Waals surface area (Å²) in [4.78, 5) is 25.4. The van der Waals surface area contributed by atoms with Crippen LogP contribution in [0.15, 0.2) is 115 Å². The zero-order valence-corrected chi connectivity index (χ0v) is 22.5. The number of pyridine rings is 2. The molecule has 5 nitrogen and oxygen atoms in total.